The van der Waals surface area contributed by atoms with Gasteiger partial charge in [0.15, 0.2) is 0 Å². The third-order valence-corrected chi connectivity index (χ3v) is 4.10. The first-order chi connectivity index (χ1) is 9.90. The maximum Gasteiger partial charge on any atom is 0.240 e. The molecule has 0 saturated heterocycles. The second-order valence-electron chi connectivity index (χ2n) is 4.32. The third kappa shape index (κ3) is 5.44. The number of aliphatic hydroxyl groups excluding tert-OH is 1. The number of nitrogens with one attached hydrogen (secondary N) is 1. The summed E-state index contributed by atoms with van der Waals surface area (Å²) in [6.45, 7) is 1.70. The smallest absolute Gasteiger partial charge is 0.240 e. The molecule has 116 valence electrons. The van der Waals surface area contributed by atoms with Crippen molar-refractivity contribution < 1.29 is 22.7 Å². The van der Waals surface area contributed by atoms with Gasteiger partial charge < -0.3 is 9.84 Å². The van der Waals surface area contributed by atoms with Crippen LogP contribution in [-0.4, -0.2) is 39.9 Å². The van der Waals surface area contributed by atoms with Crippen molar-refractivity contribution in [1.29, 1.82) is 0 Å². The van der Waals surface area contributed by atoms with Crippen molar-refractivity contribution >= 4 is 10.0 Å². The van der Waals surface area contributed by atoms with Crippen LogP contribution in [0.25, 0.3) is 0 Å². The molecule has 5 nitrogen and oxygen atoms in total. The summed E-state index contributed by atoms with van der Waals surface area (Å²) in [5.41, 5.74) is 0.0904. The molecule has 1 rings (SSSR count). The molecule has 1 aromatic carbocycles. The van der Waals surface area contributed by atoms with Crippen LogP contribution in [-0.2, 0) is 14.8 Å². The topological polar surface area (TPSA) is 75.6 Å². The highest BCUT2D eigenvalue weighted by atomic mass is 32.2. The van der Waals surface area contributed by atoms with Crippen LogP contribution >= 0.6 is 0 Å². The van der Waals surface area contributed by atoms with Crippen LogP contribution in [0.1, 0.15) is 18.9 Å². The molecular formula is C14H18FNO4S. The Kier molecular flexibility index (Phi) is 6.78. The maximum absolute atomic E-state index is 13.8. The molecule has 1 unspecified atom stereocenters. The summed E-state index contributed by atoms with van der Waals surface area (Å²) in [5.74, 6) is 4.39. The molecular weight excluding hydrogens is 297 g/mol. The largest absolute Gasteiger partial charge is 0.395 e. The van der Waals surface area contributed by atoms with Gasteiger partial charge in [0, 0.05) is 20.1 Å². The number of sulfonamides is 1. The van der Waals surface area contributed by atoms with E-state index in [1.807, 2.05) is 0 Å². The predicted octanol–water partition coefficient (Wildman–Crippen LogP) is 0.873. The number of hydrogen-bond donors (Lipinski definition) is 2. The van der Waals surface area contributed by atoms with Gasteiger partial charge in [-0.3, -0.25) is 0 Å². The highest BCUT2D eigenvalue weighted by Crippen LogP contribution is 2.14. The van der Waals surface area contributed by atoms with Gasteiger partial charge in [-0.25, -0.2) is 17.5 Å². The van der Waals surface area contributed by atoms with Crippen molar-refractivity contribution in [3.8, 4) is 11.8 Å². The summed E-state index contributed by atoms with van der Waals surface area (Å²) in [7, 11) is -2.32. The van der Waals surface area contributed by atoms with Crippen molar-refractivity contribution in [2.75, 3.05) is 20.3 Å². The van der Waals surface area contributed by atoms with E-state index >= 15 is 0 Å². The highest BCUT2D eigenvalue weighted by Gasteiger charge is 2.16. The Hall–Kier alpha value is -1.46. The van der Waals surface area contributed by atoms with Gasteiger partial charge in [0.25, 0.3) is 0 Å². The van der Waals surface area contributed by atoms with E-state index in [9.17, 15) is 12.8 Å². The summed E-state index contributed by atoms with van der Waals surface area (Å²) in [6.07, 6.45) is -0.0519. The van der Waals surface area contributed by atoms with E-state index in [-0.39, 0.29) is 36.1 Å². The lowest BCUT2D eigenvalue weighted by atomic mass is 10.2. The summed E-state index contributed by atoms with van der Waals surface area (Å²) >= 11 is 0. The number of rotatable bonds is 6. The minimum atomic E-state index is -3.79. The van der Waals surface area contributed by atoms with E-state index < -0.39 is 15.8 Å². The third-order valence-electron chi connectivity index (χ3n) is 2.67. The zero-order chi connectivity index (χ0) is 15.9. The van der Waals surface area contributed by atoms with Crippen molar-refractivity contribution in [2.45, 2.75) is 24.3 Å². The van der Waals surface area contributed by atoms with Crippen LogP contribution in [0.2, 0.25) is 0 Å². The summed E-state index contributed by atoms with van der Waals surface area (Å²) in [4.78, 5) is -0.170. The summed E-state index contributed by atoms with van der Waals surface area (Å²) in [6, 6.07) is 3.50. The van der Waals surface area contributed by atoms with Gasteiger partial charge in [-0.05, 0) is 25.1 Å². The fourth-order valence-electron chi connectivity index (χ4n) is 1.37. The molecule has 1 aromatic rings. The van der Waals surface area contributed by atoms with Gasteiger partial charge in [0.05, 0.1) is 23.2 Å². The summed E-state index contributed by atoms with van der Waals surface area (Å²) in [5, 5.41) is 8.59. The number of methoxy groups -OCH3 is 1. The molecule has 0 aliphatic carbocycles. The van der Waals surface area contributed by atoms with Crippen molar-refractivity contribution in [3.63, 3.8) is 0 Å². The minimum Gasteiger partial charge on any atom is -0.395 e. The SMILES string of the molecule is COC(C)CNS(=O)(=O)c1ccc(C#CCCO)c(F)c1. The van der Waals surface area contributed by atoms with Gasteiger partial charge in [-0.2, -0.15) is 0 Å². The number of halogens is 1. The Balaban J connectivity index is 2.90. The first-order valence-electron chi connectivity index (χ1n) is 6.32. The van der Waals surface area contributed by atoms with E-state index in [1.165, 1.54) is 19.2 Å². The zero-order valence-electron chi connectivity index (χ0n) is 11.9. The lowest BCUT2D eigenvalue weighted by Gasteiger charge is -2.11. The number of benzene rings is 1. The first-order valence-corrected chi connectivity index (χ1v) is 7.80. The molecule has 0 aliphatic heterocycles. The Morgan fingerprint density at radius 3 is 2.76 bits per heavy atom. The Bertz CT molecular complexity index is 634. The summed E-state index contributed by atoms with van der Waals surface area (Å²) < 4.78 is 45.0. The van der Waals surface area contributed by atoms with Gasteiger partial charge in [-0.15, -0.1) is 0 Å². The van der Waals surface area contributed by atoms with E-state index in [0.29, 0.717) is 0 Å². The minimum absolute atomic E-state index is 0.0904. The Morgan fingerprint density at radius 1 is 1.48 bits per heavy atom. The van der Waals surface area contributed by atoms with Crippen molar-refractivity contribution in [3.05, 3.63) is 29.6 Å². The van der Waals surface area contributed by atoms with Crippen LogP contribution in [0.5, 0.6) is 0 Å². The second-order valence-corrected chi connectivity index (χ2v) is 6.08. The molecule has 21 heavy (non-hydrogen) atoms. The molecule has 2 N–H and O–H groups in total. The molecule has 0 amide bonds. The van der Waals surface area contributed by atoms with E-state index in [2.05, 4.69) is 16.6 Å². The normalized spacial score (nSPS) is 12.6. The van der Waals surface area contributed by atoms with Gasteiger partial charge in [-0.1, -0.05) is 11.8 Å². The van der Waals surface area contributed by atoms with Crippen LogP contribution < -0.4 is 4.72 Å². The fourth-order valence-corrected chi connectivity index (χ4v) is 2.50. The molecule has 0 aliphatic rings. The molecule has 0 heterocycles. The van der Waals surface area contributed by atoms with Crippen molar-refractivity contribution in [1.82, 2.24) is 4.72 Å². The number of aliphatic hydroxyl groups is 1. The Labute approximate surface area is 124 Å². The standard InChI is InChI=1S/C14H18FNO4S/c1-11(20-2)10-16-21(18,19)13-7-6-12(14(15)9-13)5-3-4-8-17/h6-7,9,11,16-17H,4,8,10H2,1-2H3. The Morgan fingerprint density at radius 2 is 2.19 bits per heavy atom. The highest BCUT2D eigenvalue weighted by molar-refractivity contribution is 7.89. The predicted molar refractivity (Wildman–Crippen MR) is 76.6 cm³/mol. The van der Waals surface area contributed by atoms with Gasteiger partial charge in [0.2, 0.25) is 10.0 Å². The van der Waals surface area contributed by atoms with Crippen molar-refractivity contribution in [2.24, 2.45) is 0 Å². The average molecular weight is 315 g/mol. The molecule has 0 spiro atoms. The van der Waals surface area contributed by atoms with E-state index in [0.717, 1.165) is 6.07 Å². The van der Waals surface area contributed by atoms with Gasteiger partial charge >= 0.3 is 0 Å². The average Bonchev–Trinajstić information content (AvgIpc) is 2.46. The quantitative estimate of drug-likeness (QED) is 0.764. The number of ether oxygens (including phenoxy) is 1. The van der Waals surface area contributed by atoms with E-state index in [1.54, 1.807) is 6.92 Å². The lowest BCUT2D eigenvalue weighted by Crippen LogP contribution is -2.31. The van der Waals surface area contributed by atoms with Crippen LogP contribution in [0.15, 0.2) is 23.1 Å². The van der Waals surface area contributed by atoms with E-state index in [4.69, 9.17) is 9.84 Å². The monoisotopic (exact) mass is 315 g/mol. The molecule has 0 fully saturated rings. The maximum atomic E-state index is 13.8. The van der Waals surface area contributed by atoms with Gasteiger partial charge in [0.1, 0.15) is 5.82 Å². The zero-order valence-corrected chi connectivity index (χ0v) is 12.7. The molecule has 0 radical (unpaired) electrons. The second kappa shape index (κ2) is 8.10. The van der Waals surface area contributed by atoms with Crippen LogP contribution in [0, 0.1) is 17.7 Å². The van der Waals surface area contributed by atoms with Crippen LogP contribution in [0.3, 0.4) is 0 Å². The lowest BCUT2D eigenvalue weighted by molar-refractivity contribution is 0.122. The molecule has 1 atom stereocenters. The number of hydrogen-bond acceptors (Lipinski definition) is 4. The molecule has 7 heteroatoms. The molecule has 0 saturated carbocycles. The first kappa shape index (κ1) is 17.6. The molecule has 0 bridgehead atoms. The molecule has 0 aromatic heterocycles. The van der Waals surface area contributed by atoms with Crippen LogP contribution in [0.4, 0.5) is 4.39 Å². The fraction of sp³-hybridized carbons (Fsp3) is 0.429.